The fraction of sp³-hybridized carbons (Fsp3) is 0.250. The van der Waals surface area contributed by atoms with E-state index < -0.39 is 5.97 Å². The van der Waals surface area contributed by atoms with Crippen LogP contribution in [0.4, 0.5) is 0 Å². The van der Waals surface area contributed by atoms with Crippen molar-refractivity contribution < 1.29 is 14.3 Å². The Morgan fingerprint density at radius 1 is 1.08 bits per heavy atom. The molecule has 2 aromatic carbocycles. The predicted molar refractivity (Wildman–Crippen MR) is 96.0 cm³/mol. The van der Waals surface area contributed by atoms with Gasteiger partial charge >= 0.3 is 5.97 Å². The van der Waals surface area contributed by atoms with Crippen LogP contribution in [0.3, 0.4) is 0 Å². The van der Waals surface area contributed by atoms with Gasteiger partial charge in [0.2, 0.25) is 0 Å². The van der Waals surface area contributed by atoms with Gasteiger partial charge < -0.3 is 9.47 Å². The van der Waals surface area contributed by atoms with Crippen molar-refractivity contribution in [3.05, 3.63) is 65.2 Å². The van der Waals surface area contributed by atoms with Crippen molar-refractivity contribution in [3.63, 3.8) is 0 Å². The van der Waals surface area contributed by atoms with Gasteiger partial charge in [0, 0.05) is 12.0 Å². The molecule has 25 heavy (non-hydrogen) atoms. The molecule has 0 aliphatic heterocycles. The fourth-order valence-corrected chi connectivity index (χ4v) is 2.77. The molecule has 1 heterocycles. The molecule has 0 amide bonds. The SMILES string of the molecule is CCOC(=O)c1ncnc(Cc2ccc3cc(OC)ccc3c2)c1C. The summed E-state index contributed by atoms with van der Waals surface area (Å²) in [5.41, 5.74) is 3.04. The van der Waals surface area contributed by atoms with Crippen LogP contribution in [0.1, 0.15) is 34.2 Å². The lowest BCUT2D eigenvalue weighted by atomic mass is 10.0. The van der Waals surface area contributed by atoms with Gasteiger partial charge in [-0.05, 0) is 42.3 Å². The number of methoxy groups -OCH3 is 1. The number of carbonyl (C=O) groups excluding carboxylic acids is 1. The molecule has 128 valence electrons. The summed E-state index contributed by atoms with van der Waals surface area (Å²) in [6.45, 7) is 3.96. The lowest BCUT2D eigenvalue weighted by Crippen LogP contribution is -2.12. The minimum Gasteiger partial charge on any atom is -0.497 e. The van der Waals surface area contributed by atoms with Crippen LogP contribution in [0.15, 0.2) is 42.7 Å². The van der Waals surface area contributed by atoms with E-state index in [4.69, 9.17) is 9.47 Å². The standard InChI is InChI=1S/C20H20N2O3/c1-4-25-20(23)19-13(2)18(21-12-22-19)10-14-5-6-16-11-17(24-3)8-7-15(16)9-14/h5-9,11-12H,4,10H2,1-3H3. The number of hydrogen-bond donors (Lipinski definition) is 0. The predicted octanol–water partition coefficient (Wildman–Crippen LogP) is 3.71. The monoisotopic (exact) mass is 336 g/mol. The molecule has 0 radical (unpaired) electrons. The van der Waals surface area contributed by atoms with Gasteiger partial charge in [-0.15, -0.1) is 0 Å². The molecule has 0 bridgehead atoms. The first kappa shape index (κ1) is 16.9. The third-order valence-electron chi connectivity index (χ3n) is 4.14. The maximum absolute atomic E-state index is 12.0. The molecule has 3 aromatic rings. The second-order valence-electron chi connectivity index (χ2n) is 5.74. The zero-order chi connectivity index (χ0) is 17.8. The highest BCUT2D eigenvalue weighted by Gasteiger charge is 2.15. The van der Waals surface area contributed by atoms with E-state index in [-0.39, 0.29) is 0 Å². The summed E-state index contributed by atoms with van der Waals surface area (Å²) in [5.74, 6) is 0.431. The molecular formula is C20H20N2O3. The van der Waals surface area contributed by atoms with Crippen LogP contribution >= 0.6 is 0 Å². The minimum atomic E-state index is -0.408. The molecule has 0 atom stereocenters. The number of benzene rings is 2. The van der Waals surface area contributed by atoms with Crippen LogP contribution in [0.2, 0.25) is 0 Å². The van der Waals surface area contributed by atoms with Crippen LogP contribution in [0.25, 0.3) is 10.8 Å². The minimum absolute atomic E-state index is 0.325. The van der Waals surface area contributed by atoms with Gasteiger partial charge in [0.1, 0.15) is 12.1 Å². The van der Waals surface area contributed by atoms with Gasteiger partial charge in [0.05, 0.1) is 19.4 Å². The summed E-state index contributed by atoms with van der Waals surface area (Å²) < 4.78 is 10.3. The first-order valence-corrected chi connectivity index (χ1v) is 8.16. The summed E-state index contributed by atoms with van der Waals surface area (Å²) in [6.07, 6.45) is 2.04. The maximum atomic E-state index is 12.0. The molecule has 0 N–H and O–H groups in total. The highest BCUT2D eigenvalue weighted by molar-refractivity contribution is 5.89. The zero-order valence-electron chi connectivity index (χ0n) is 14.6. The topological polar surface area (TPSA) is 61.3 Å². The molecule has 0 saturated heterocycles. The summed E-state index contributed by atoms with van der Waals surface area (Å²) in [6, 6.07) is 12.2. The number of fused-ring (bicyclic) bond motifs is 1. The summed E-state index contributed by atoms with van der Waals surface area (Å²) in [5, 5.41) is 2.25. The Morgan fingerprint density at radius 2 is 1.84 bits per heavy atom. The summed E-state index contributed by atoms with van der Waals surface area (Å²) in [4.78, 5) is 20.4. The normalized spacial score (nSPS) is 10.7. The van der Waals surface area contributed by atoms with E-state index in [1.54, 1.807) is 14.0 Å². The van der Waals surface area contributed by atoms with Crippen molar-refractivity contribution in [3.8, 4) is 5.75 Å². The molecule has 0 unspecified atom stereocenters. The first-order chi connectivity index (χ1) is 12.1. The zero-order valence-corrected chi connectivity index (χ0v) is 14.6. The van der Waals surface area contributed by atoms with Crippen LogP contribution < -0.4 is 4.74 Å². The average Bonchev–Trinajstić information content (AvgIpc) is 2.63. The number of nitrogens with zero attached hydrogens (tertiary/aromatic N) is 2. The highest BCUT2D eigenvalue weighted by atomic mass is 16.5. The van der Waals surface area contributed by atoms with E-state index in [1.165, 1.54) is 6.33 Å². The molecule has 0 fully saturated rings. The van der Waals surface area contributed by atoms with Gasteiger partial charge in [0.25, 0.3) is 0 Å². The summed E-state index contributed by atoms with van der Waals surface area (Å²) in [7, 11) is 1.66. The molecule has 3 rings (SSSR count). The van der Waals surface area contributed by atoms with Crippen molar-refractivity contribution in [1.82, 2.24) is 9.97 Å². The van der Waals surface area contributed by atoms with Crippen LogP contribution in [0.5, 0.6) is 5.75 Å². The van der Waals surface area contributed by atoms with E-state index in [1.807, 2.05) is 25.1 Å². The second kappa shape index (κ2) is 7.30. The smallest absolute Gasteiger partial charge is 0.357 e. The quantitative estimate of drug-likeness (QED) is 0.665. The number of ether oxygens (including phenoxy) is 2. The molecule has 0 aliphatic carbocycles. The van der Waals surface area contributed by atoms with E-state index in [2.05, 4.69) is 28.2 Å². The number of hydrogen-bond acceptors (Lipinski definition) is 5. The van der Waals surface area contributed by atoms with Gasteiger partial charge in [-0.2, -0.15) is 0 Å². The van der Waals surface area contributed by atoms with Crippen molar-refractivity contribution in [2.45, 2.75) is 20.3 Å². The van der Waals surface area contributed by atoms with E-state index in [0.717, 1.165) is 33.3 Å². The van der Waals surface area contributed by atoms with Crippen LogP contribution in [-0.2, 0) is 11.2 Å². The van der Waals surface area contributed by atoms with Gasteiger partial charge in [0.15, 0.2) is 5.69 Å². The Bertz CT molecular complexity index is 922. The molecule has 5 heteroatoms. The number of esters is 1. The Labute approximate surface area is 146 Å². The number of aromatic nitrogens is 2. The van der Waals surface area contributed by atoms with Crippen molar-refractivity contribution in [1.29, 1.82) is 0 Å². The van der Waals surface area contributed by atoms with Crippen molar-refractivity contribution in [2.24, 2.45) is 0 Å². The molecular weight excluding hydrogens is 316 g/mol. The second-order valence-corrected chi connectivity index (χ2v) is 5.74. The molecule has 0 spiro atoms. The van der Waals surface area contributed by atoms with E-state index in [9.17, 15) is 4.79 Å². The molecule has 0 aliphatic rings. The fourth-order valence-electron chi connectivity index (χ4n) is 2.77. The molecule has 1 aromatic heterocycles. The third kappa shape index (κ3) is 3.60. The number of rotatable bonds is 5. The Hall–Kier alpha value is -2.95. The largest absolute Gasteiger partial charge is 0.497 e. The lowest BCUT2D eigenvalue weighted by Gasteiger charge is -2.10. The molecule has 0 saturated carbocycles. The summed E-state index contributed by atoms with van der Waals surface area (Å²) >= 11 is 0. The van der Waals surface area contributed by atoms with E-state index >= 15 is 0 Å². The van der Waals surface area contributed by atoms with Gasteiger partial charge in [-0.25, -0.2) is 14.8 Å². The molecule has 5 nitrogen and oxygen atoms in total. The Morgan fingerprint density at radius 3 is 2.60 bits per heavy atom. The maximum Gasteiger partial charge on any atom is 0.357 e. The average molecular weight is 336 g/mol. The third-order valence-corrected chi connectivity index (χ3v) is 4.14. The van der Waals surface area contributed by atoms with Crippen molar-refractivity contribution in [2.75, 3.05) is 13.7 Å². The van der Waals surface area contributed by atoms with Crippen LogP contribution in [0, 0.1) is 6.92 Å². The van der Waals surface area contributed by atoms with Gasteiger partial charge in [-0.1, -0.05) is 24.3 Å². The Kier molecular flexibility index (Phi) is 4.93. The first-order valence-electron chi connectivity index (χ1n) is 8.16. The van der Waals surface area contributed by atoms with Crippen molar-refractivity contribution >= 4 is 16.7 Å². The van der Waals surface area contributed by atoms with Gasteiger partial charge in [-0.3, -0.25) is 0 Å². The van der Waals surface area contributed by atoms with E-state index in [0.29, 0.717) is 18.7 Å². The lowest BCUT2D eigenvalue weighted by molar-refractivity contribution is 0.0518. The highest BCUT2D eigenvalue weighted by Crippen LogP contribution is 2.23. The number of carbonyl (C=O) groups is 1. The Balaban J connectivity index is 1.90. The van der Waals surface area contributed by atoms with Crippen LogP contribution in [-0.4, -0.2) is 29.7 Å².